The van der Waals surface area contributed by atoms with Crippen molar-refractivity contribution >= 4 is 11.9 Å². The van der Waals surface area contributed by atoms with Gasteiger partial charge in [0, 0.05) is 12.1 Å². The van der Waals surface area contributed by atoms with E-state index in [4.69, 9.17) is 9.47 Å². The van der Waals surface area contributed by atoms with Crippen LogP contribution in [0.1, 0.15) is 47.8 Å². The Labute approximate surface area is 158 Å². The minimum absolute atomic E-state index is 0.149. The maximum Gasteiger partial charge on any atom is 0.305 e. The van der Waals surface area contributed by atoms with E-state index < -0.39 is 12.0 Å². The molecular weight excluding hydrogens is 346 g/mol. The van der Waals surface area contributed by atoms with Crippen LogP contribution in [-0.4, -0.2) is 35.1 Å². The highest BCUT2D eigenvalue weighted by molar-refractivity contribution is 5.98. The van der Waals surface area contributed by atoms with Crippen LogP contribution in [0.25, 0.3) is 0 Å². The molecule has 1 heterocycles. The third kappa shape index (κ3) is 3.89. The Morgan fingerprint density at radius 1 is 1.11 bits per heavy atom. The summed E-state index contributed by atoms with van der Waals surface area (Å²) in [7, 11) is 0. The first-order valence-electron chi connectivity index (χ1n) is 9.05. The number of carboxylic acid groups (broad SMARTS) is 1. The van der Waals surface area contributed by atoms with Crippen molar-refractivity contribution in [2.24, 2.45) is 0 Å². The topological polar surface area (TPSA) is 76.1 Å². The number of ether oxygens (including phenoxy) is 2. The zero-order valence-corrected chi connectivity index (χ0v) is 15.5. The standard InChI is InChI=1S/C21H23NO5/c1-3-26-18-10-9-14(11-19(18)27-4-2)17(12-20(23)24)22-13-15-7-5-6-8-16(15)21(22)25/h5-11,17H,3-4,12-13H2,1-2H3,(H,23,24). The molecule has 6 heteroatoms. The summed E-state index contributed by atoms with van der Waals surface area (Å²) < 4.78 is 11.2. The molecular formula is C21H23NO5. The molecule has 1 N–H and O–H groups in total. The average Bonchev–Trinajstić information content (AvgIpc) is 2.98. The van der Waals surface area contributed by atoms with E-state index in [-0.39, 0.29) is 12.3 Å². The molecule has 3 rings (SSSR count). The van der Waals surface area contributed by atoms with Crippen molar-refractivity contribution in [2.45, 2.75) is 32.9 Å². The number of rotatable bonds is 8. The van der Waals surface area contributed by atoms with E-state index in [2.05, 4.69) is 0 Å². The second kappa shape index (κ2) is 8.12. The highest BCUT2D eigenvalue weighted by Crippen LogP contribution is 2.37. The molecule has 2 aromatic carbocycles. The van der Waals surface area contributed by atoms with Crippen LogP contribution >= 0.6 is 0 Å². The monoisotopic (exact) mass is 369 g/mol. The Balaban J connectivity index is 1.97. The first kappa shape index (κ1) is 18.8. The van der Waals surface area contributed by atoms with E-state index in [1.54, 1.807) is 29.2 Å². The van der Waals surface area contributed by atoms with Crippen molar-refractivity contribution < 1.29 is 24.2 Å². The molecule has 142 valence electrons. The lowest BCUT2D eigenvalue weighted by molar-refractivity contribution is -0.138. The predicted molar refractivity (Wildman–Crippen MR) is 100 cm³/mol. The Bertz CT molecular complexity index is 848. The molecule has 0 saturated heterocycles. The maximum atomic E-state index is 12.9. The van der Waals surface area contributed by atoms with Gasteiger partial charge in [0.15, 0.2) is 11.5 Å². The largest absolute Gasteiger partial charge is 0.490 e. The molecule has 0 radical (unpaired) electrons. The highest BCUT2D eigenvalue weighted by atomic mass is 16.5. The van der Waals surface area contributed by atoms with E-state index in [0.29, 0.717) is 42.4 Å². The van der Waals surface area contributed by atoms with Crippen molar-refractivity contribution in [3.05, 3.63) is 59.2 Å². The lowest BCUT2D eigenvalue weighted by Crippen LogP contribution is -2.31. The zero-order chi connectivity index (χ0) is 19.4. The second-order valence-corrected chi connectivity index (χ2v) is 6.28. The van der Waals surface area contributed by atoms with Gasteiger partial charge in [-0.15, -0.1) is 0 Å². The van der Waals surface area contributed by atoms with Gasteiger partial charge < -0.3 is 19.5 Å². The van der Waals surface area contributed by atoms with Gasteiger partial charge >= 0.3 is 5.97 Å². The van der Waals surface area contributed by atoms with Crippen LogP contribution in [0, 0.1) is 0 Å². The molecule has 2 aromatic rings. The van der Waals surface area contributed by atoms with E-state index in [0.717, 1.165) is 5.56 Å². The van der Waals surface area contributed by atoms with E-state index in [9.17, 15) is 14.7 Å². The number of amides is 1. The number of carbonyl (C=O) groups is 2. The Hall–Kier alpha value is -3.02. The molecule has 27 heavy (non-hydrogen) atoms. The normalized spacial score (nSPS) is 14.0. The van der Waals surface area contributed by atoms with Crippen LogP contribution in [0.15, 0.2) is 42.5 Å². The average molecular weight is 369 g/mol. The van der Waals surface area contributed by atoms with Crippen molar-refractivity contribution in [2.75, 3.05) is 13.2 Å². The van der Waals surface area contributed by atoms with Gasteiger partial charge in [0.05, 0.1) is 25.7 Å². The van der Waals surface area contributed by atoms with Gasteiger partial charge in [-0.2, -0.15) is 0 Å². The SMILES string of the molecule is CCOc1ccc(C(CC(=O)O)N2Cc3ccccc3C2=O)cc1OCC. The molecule has 6 nitrogen and oxygen atoms in total. The molecule has 1 aliphatic rings. The zero-order valence-electron chi connectivity index (χ0n) is 15.5. The third-order valence-electron chi connectivity index (χ3n) is 4.55. The van der Waals surface area contributed by atoms with Crippen molar-refractivity contribution in [1.29, 1.82) is 0 Å². The fraction of sp³-hybridized carbons (Fsp3) is 0.333. The minimum atomic E-state index is -0.962. The maximum absolute atomic E-state index is 12.9. The number of hydrogen-bond donors (Lipinski definition) is 1. The lowest BCUT2D eigenvalue weighted by atomic mass is 10.0. The summed E-state index contributed by atoms with van der Waals surface area (Å²) in [5, 5.41) is 9.43. The number of nitrogens with zero attached hydrogens (tertiary/aromatic N) is 1. The van der Waals surface area contributed by atoms with Crippen molar-refractivity contribution in [1.82, 2.24) is 4.90 Å². The fourth-order valence-electron chi connectivity index (χ4n) is 3.38. The Kier molecular flexibility index (Phi) is 5.64. The van der Waals surface area contributed by atoms with Gasteiger partial charge in [-0.1, -0.05) is 24.3 Å². The molecule has 0 aliphatic carbocycles. The summed E-state index contributed by atoms with van der Waals surface area (Å²) in [4.78, 5) is 26.0. The number of aliphatic carboxylic acids is 1. The fourth-order valence-corrected chi connectivity index (χ4v) is 3.38. The Morgan fingerprint density at radius 3 is 2.48 bits per heavy atom. The van der Waals surface area contributed by atoms with Crippen LogP contribution in [0.2, 0.25) is 0 Å². The number of benzene rings is 2. The Morgan fingerprint density at radius 2 is 1.81 bits per heavy atom. The minimum Gasteiger partial charge on any atom is -0.490 e. The second-order valence-electron chi connectivity index (χ2n) is 6.28. The molecule has 1 amide bonds. The van der Waals surface area contributed by atoms with Crippen molar-refractivity contribution in [3.8, 4) is 11.5 Å². The predicted octanol–water partition coefficient (Wildman–Crippen LogP) is 3.66. The van der Waals surface area contributed by atoms with Crippen LogP contribution < -0.4 is 9.47 Å². The van der Waals surface area contributed by atoms with Gasteiger partial charge in [0.2, 0.25) is 0 Å². The molecule has 0 fully saturated rings. The number of carbonyl (C=O) groups excluding carboxylic acids is 1. The summed E-state index contributed by atoms with van der Waals surface area (Å²) in [6, 6.07) is 12.1. The molecule has 0 aromatic heterocycles. The van der Waals surface area contributed by atoms with Gasteiger partial charge in [0.1, 0.15) is 0 Å². The number of fused-ring (bicyclic) bond motifs is 1. The van der Waals surface area contributed by atoms with Crippen LogP contribution in [0.3, 0.4) is 0 Å². The number of hydrogen-bond acceptors (Lipinski definition) is 4. The highest BCUT2D eigenvalue weighted by Gasteiger charge is 2.34. The summed E-state index contributed by atoms with van der Waals surface area (Å²) in [5.74, 6) is 0.0453. The van der Waals surface area contributed by atoms with Gasteiger partial charge in [0.25, 0.3) is 5.91 Å². The summed E-state index contributed by atoms with van der Waals surface area (Å²) in [6.45, 7) is 5.11. The van der Waals surface area contributed by atoms with Gasteiger partial charge in [-0.25, -0.2) is 0 Å². The van der Waals surface area contributed by atoms with Crippen LogP contribution in [0.4, 0.5) is 0 Å². The summed E-state index contributed by atoms with van der Waals surface area (Å²) >= 11 is 0. The first-order valence-corrected chi connectivity index (χ1v) is 9.05. The van der Waals surface area contributed by atoms with Crippen LogP contribution in [-0.2, 0) is 11.3 Å². The van der Waals surface area contributed by atoms with Gasteiger partial charge in [-0.3, -0.25) is 9.59 Å². The molecule has 0 saturated carbocycles. The van der Waals surface area contributed by atoms with Gasteiger partial charge in [-0.05, 0) is 43.2 Å². The molecule has 0 spiro atoms. The van der Waals surface area contributed by atoms with Crippen LogP contribution in [0.5, 0.6) is 11.5 Å². The smallest absolute Gasteiger partial charge is 0.305 e. The molecule has 1 atom stereocenters. The van der Waals surface area contributed by atoms with E-state index in [1.165, 1.54) is 0 Å². The third-order valence-corrected chi connectivity index (χ3v) is 4.55. The first-order chi connectivity index (χ1) is 13.0. The quantitative estimate of drug-likeness (QED) is 0.769. The molecule has 1 unspecified atom stereocenters. The van der Waals surface area contributed by atoms with E-state index >= 15 is 0 Å². The molecule has 1 aliphatic heterocycles. The number of carboxylic acids is 1. The van der Waals surface area contributed by atoms with E-state index in [1.807, 2.05) is 32.0 Å². The summed E-state index contributed by atoms with van der Waals surface area (Å²) in [6.07, 6.45) is -0.181. The van der Waals surface area contributed by atoms with Crippen molar-refractivity contribution in [3.63, 3.8) is 0 Å². The summed E-state index contributed by atoms with van der Waals surface area (Å²) in [5.41, 5.74) is 2.25. The lowest BCUT2D eigenvalue weighted by Gasteiger charge is -2.27. The molecule has 0 bridgehead atoms.